The fourth-order valence-electron chi connectivity index (χ4n) is 3.56. The lowest BCUT2D eigenvalue weighted by Crippen LogP contribution is -2.35. The maximum atomic E-state index is 14.3. The molecule has 0 bridgehead atoms. The summed E-state index contributed by atoms with van der Waals surface area (Å²) >= 11 is 0. The molecule has 1 saturated heterocycles. The number of hydrogen-bond acceptors (Lipinski definition) is 4. The number of amides is 1. The quantitative estimate of drug-likeness (QED) is 0.712. The predicted octanol–water partition coefficient (Wildman–Crippen LogP) is 3.06. The number of aromatic nitrogens is 1. The zero-order valence-electron chi connectivity index (χ0n) is 16.1. The summed E-state index contributed by atoms with van der Waals surface area (Å²) in [5.41, 5.74) is 2.74. The second-order valence-corrected chi connectivity index (χ2v) is 7.23. The van der Waals surface area contributed by atoms with Crippen LogP contribution in [0.15, 0.2) is 47.3 Å². The molecule has 1 fully saturated rings. The number of aryl methyl sites for hydroxylation is 1. The number of morpholine rings is 1. The number of ether oxygens (including phenoxy) is 1. The van der Waals surface area contributed by atoms with E-state index in [-0.39, 0.29) is 11.1 Å². The van der Waals surface area contributed by atoms with Crippen LogP contribution in [-0.2, 0) is 11.3 Å². The summed E-state index contributed by atoms with van der Waals surface area (Å²) in [6.45, 7) is 5.47. The van der Waals surface area contributed by atoms with E-state index in [1.165, 1.54) is 12.1 Å². The maximum absolute atomic E-state index is 14.3. The number of rotatable bonds is 4. The molecule has 1 amide bonds. The third kappa shape index (κ3) is 4.36. The molecular formula is C22H22FN3O3. The minimum Gasteiger partial charge on any atom is -0.379 e. The van der Waals surface area contributed by atoms with E-state index >= 15 is 0 Å². The largest absolute Gasteiger partial charge is 0.379 e. The van der Waals surface area contributed by atoms with Crippen LogP contribution in [0.3, 0.4) is 0 Å². The van der Waals surface area contributed by atoms with Gasteiger partial charge < -0.3 is 15.0 Å². The van der Waals surface area contributed by atoms with Crippen LogP contribution < -0.4 is 10.9 Å². The zero-order chi connectivity index (χ0) is 20.4. The highest BCUT2D eigenvalue weighted by Crippen LogP contribution is 2.21. The number of hydrogen-bond donors (Lipinski definition) is 2. The van der Waals surface area contributed by atoms with Crippen LogP contribution in [0.4, 0.5) is 10.1 Å². The molecule has 0 spiro atoms. The molecule has 0 atom stereocenters. The Kier molecular flexibility index (Phi) is 5.42. The third-order valence-corrected chi connectivity index (χ3v) is 5.09. The molecular weight excluding hydrogens is 373 g/mol. The van der Waals surface area contributed by atoms with Gasteiger partial charge in [0.2, 0.25) is 5.56 Å². The molecule has 7 heteroatoms. The van der Waals surface area contributed by atoms with Crippen molar-refractivity contribution >= 4 is 22.5 Å². The number of anilines is 1. The Hall–Kier alpha value is -3.03. The van der Waals surface area contributed by atoms with Gasteiger partial charge in [0, 0.05) is 42.3 Å². The molecule has 4 rings (SSSR count). The molecule has 1 aliphatic heterocycles. The molecule has 0 saturated carbocycles. The number of H-pyrrole nitrogens is 1. The number of fused-ring (bicyclic) bond motifs is 1. The minimum atomic E-state index is -0.561. The molecule has 1 aliphatic rings. The van der Waals surface area contributed by atoms with Crippen LogP contribution in [-0.4, -0.2) is 42.1 Å². The van der Waals surface area contributed by atoms with Gasteiger partial charge in [-0.3, -0.25) is 14.5 Å². The summed E-state index contributed by atoms with van der Waals surface area (Å²) in [5, 5.41) is 3.58. The van der Waals surface area contributed by atoms with E-state index in [1.54, 1.807) is 30.3 Å². The Labute approximate surface area is 167 Å². The third-order valence-electron chi connectivity index (χ3n) is 5.09. The average molecular weight is 395 g/mol. The first-order chi connectivity index (χ1) is 14.0. The van der Waals surface area contributed by atoms with E-state index in [1.807, 2.05) is 6.92 Å². The SMILES string of the molecule is Cc1cc(=O)[nH]c2ccc(NC(=O)c3cc(CN4CCOCC4)ccc3F)cc12. The van der Waals surface area contributed by atoms with Gasteiger partial charge in [0.05, 0.1) is 18.8 Å². The van der Waals surface area contributed by atoms with Crippen molar-refractivity contribution in [3.8, 4) is 0 Å². The molecule has 2 heterocycles. The Bertz CT molecular complexity index is 1120. The number of carbonyl (C=O) groups is 1. The Morgan fingerprint density at radius 3 is 2.76 bits per heavy atom. The van der Waals surface area contributed by atoms with Gasteiger partial charge >= 0.3 is 0 Å². The Morgan fingerprint density at radius 1 is 1.17 bits per heavy atom. The molecule has 0 unspecified atom stereocenters. The van der Waals surface area contributed by atoms with Gasteiger partial charge in [0.15, 0.2) is 0 Å². The van der Waals surface area contributed by atoms with E-state index in [0.717, 1.165) is 29.6 Å². The highest BCUT2D eigenvalue weighted by molar-refractivity contribution is 6.05. The number of halogens is 1. The van der Waals surface area contributed by atoms with E-state index in [2.05, 4.69) is 15.2 Å². The summed E-state index contributed by atoms with van der Waals surface area (Å²) in [5.74, 6) is -1.07. The van der Waals surface area contributed by atoms with Crippen molar-refractivity contribution in [3.05, 3.63) is 75.3 Å². The van der Waals surface area contributed by atoms with Crippen molar-refractivity contribution in [1.82, 2.24) is 9.88 Å². The maximum Gasteiger partial charge on any atom is 0.258 e. The number of nitrogens with one attached hydrogen (secondary N) is 2. The van der Waals surface area contributed by atoms with E-state index in [4.69, 9.17) is 4.74 Å². The van der Waals surface area contributed by atoms with Crippen molar-refractivity contribution in [2.45, 2.75) is 13.5 Å². The average Bonchev–Trinajstić information content (AvgIpc) is 2.70. The van der Waals surface area contributed by atoms with Gasteiger partial charge in [0.1, 0.15) is 5.82 Å². The smallest absolute Gasteiger partial charge is 0.258 e. The van der Waals surface area contributed by atoms with Gasteiger partial charge in [-0.2, -0.15) is 0 Å². The molecule has 0 radical (unpaired) electrons. The van der Waals surface area contributed by atoms with Crippen LogP contribution in [0, 0.1) is 12.7 Å². The molecule has 2 N–H and O–H groups in total. The van der Waals surface area contributed by atoms with Gasteiger partial charge in [-0.1, -0.05) is 6.07 Å². The summed E-state index contributed by atoms with van der Waals surface area (Å²) in [4.78, 5) is 29.3. The highest BCUT2D eigenvalue weighted by atomic mass is 19.1. The first-order valence-electron chi connectivity index (χ1n) is 9.53. The Morgan fingerprint density at radius 2 is 1.97 bits per heavy atom. The molecule has 3 aromatic rings. The lowest BCUT2D eigenvalue weighted by atomic mass is 10.1. The van der Waals surface area contributed by atoms with Crippen LogP contribution in [0.5, 0.6) is 0 Å². The van der Waals surface area contributed by atoms with Gasteiger partial charge in [-0.05, 0) is 48.4 Å². The molecule has 29 heavy (non-hydrogen) atoms. The topological polar surface area (TPSA) is 74.4 Å². The van der Waals surface area contributed by atoms with Crippen molar-refractivity contribution in [3.63, 3.8) is 0 Å². The second-order valence-electron chi connectivity index (χ2n) is 7.23. The number of nitrogens with zero attached hydrogens (tertiary/aromatic N) is 1. The van der Waals surface area contributed by atoms with Gasteiger partial charge in [-0.25, -0.2) is 4.39 Å². The van der Waals surface area contributed by atoms with Crippen LogP contribution >= 0.6 is 0 Å². The summed E-state index contributed by atoms with van der Waals surface area (Å²) in [6, 6.07) is 11.3. The van der Waals surface area contributed by atoms with Crippen molar-refractivity contribution in [1.29, 1.82) is 0 Å². The number of benzene rings is 2. The van der Waals surface area contributed by atoms with Crippen LogP contribution in [0.2, 0.25) is 0 Å². The molecule has 2 aromatic carbocycles. The fraction of sp³-hybridized carbons (Fsp3) is 0.273. The molecule has 0 aliphatic carbocycles. The highest BCUT2D eigenvalue weighted by Gasteiger charge is 2.16. The normalized spacial score (nSPS) is 14.8. The van der Waals surface area contributed by atoms with E-state index in [9.17, 15) is 14.0 Å². The second kappa shape index (κ2) is 8.14. The molecule has 1 aromatic heterocycles. The molecule has 150 valence electrons. The summed E-state index contributed by atoms with van der Waals surface area (Å²) in [6.07, 6.45) is 0. The number of carbonyl (C=O) groups excluding carboxylic acids is 1. The minimum absolute atomic E-state index is 0.00838. The van der Waals surface area contributed by atoms with E-state index < -0.39 is 11.7 Å². The van der Waals surface area contributed by atoms with Gasteiger partial charge in [-0.15, -0.1) is 0 Å². The zero-order valence-corrected chi connectivity index (χ0v) is 16.1. The summed E-state index contributed by atoms with van der Waals surface area (Å²) in [7, 11) is 0. The predicted molar refractivity (Wildman–Crippen MR) is 110 cm³/mol. The molecule has 6 nitrogen and oxygen atoms in total. The monoisotopic (exact) mass is 395 g/mol. The fourth-order valence-corrected chi connectivity index (χ4v) is 3.56. The number of aromatic amines is 1. The Balaban J connectivity index is 1.55. The van der Waals surface area contributed by atoms with Crippen LogP contribution in [0.25, 0.3) is 10.9 Å². The lowest BCUT2D eigenvalue weighted by molar-refractivity contribution is 0.0341. The van der Waals surface area contributed by atoms with Gasteiger partial charge in [0.25, 0.3) is 5.91 Å². The summed E-state index contributed by atoms with van der Waals surface area (Å²) < 4.78 is 19.7. The van der Waals surface area contributed by atoms with Crippen molar-refractivity contribution in [2.24, 2.45) is 0 Å². The standard InChI is InChI=1S/C22H22FN3O3/c1-14-10-21(27)25-20-5-3-16(12-17(14)20)24-22(28)18-11-15(2-4-19(18)23)13-26-6-8-29-9-7-26/h2-5,10-12H,6-9,13H2,1H3,(H,24,28)(H,25,27). The lowest BCUT2D eigenvalue weighted by Gasteiger charge is -2.26. The van der Waals surface area contributed by atoms with E-state index in [0.29, 0.717) is 31.0 Å². The van der Waals surface area contributed by atoms with Crippen molar-refractivity contribution in [2.75, 3.05) is 31.6 Å². The first-order valence-corrected chi connectivity index (χ1v) is 9.53. The van der Waals surface area contributed by atoms with Crippen LogP contribution in [0.1, 0.15) is 21.5 Å². The first kappa shape index (κ1) is 19.3. The number of pyridine rings is 1. The van der Waals surface area contributed by atoms with Crippen molar-refractivity contribution < 1.29 is 13.9 Å².